The SMILES string of the molecule is CC12CCC3C(C)(C)C(OC(=O)CCc4ccc(O)c(O)c4)CCC3(C)C1CCC1C(CCC3C(C)(C)C(O)CCC13C)C2. The molecule has 10 atom stereocenters. The summed E-state index contributed by atoms with van der Waals surface area (Å²) in [4.78, 5) is 13.1. The molecule has 246 valence electrons. The topological polar surface area (TPSA) is 87.0 Å². The second kappa shape index (κ2) is 10.9. The van der Waals surface area contributed by atoms with Gasteiger partial charge < -0.3 is 20.1 Å². The maximum absolute atomic E-state index is 13.1. The Morgan fingerprint density at radius 2 is 1.45 bits per heavy atom. The van der Waals surface area contributed by atoms with Crippen LogP contribution < -0.4 is 0 Å². The van der Waals surface area contributed by atoms with E-state index in [2.05, 4.69) is 48.5 Å². The molecular formula is C39H60O5. The predicted molar refractivity (Wildman–Crippen MR) is 174 cm³/mol. The Labute approximate surface area is 266 Å². The fraction of sp³-hybridized carbons (Fsp3) is 0.821. The van der Waals surface area contributed by atoms with Gasteiger partial charge >= 0.3 is 5.97 Å². The van der Waals surface area contributed by atoms with Crippen LogP contribution in [0, 0.1) is 56.7 Å². The van der Waals surface area contributed by atoms with Crippen molar-refractivity contribution in [1.29, 1.82) is 0 Å². The van der Waals surface area contributed by atoms with Gasteiger partial charge in [0.15, 0.2) is 11.5 Å². The minimum Gasteiger partial charge on any atom is -0.504 e. The van der Waals surface area contributed by atoms with Crippen LogP contribution in [0.4, 0.5) is 0 Å². The zero-order valence-corrected chi connectivity index (χ0v) is 28.6. The zero-order chi connectivity index (χ0) is 31.9. The van der Waals surface area contributed by atoms with E-state index < -0.39 is 0 Å². The van der Waals surface area contributed by atoms with Crippen molar-refractivity contribution in [2.24, 2.45) is 56.7 Å². The summed E-state index contributed by atoms with van der Waals surface area (Å²) in [6, 6.07) is 4.75. The quantitative estimate of drug-likeness (QED) is 0.235. The van der Waals surface area contributed by atoms with Crippen molar-refractivity contribution in [2.75, 3.05) is 0 Å². The van der Waals surface area contributed by atoms with E-state index in [4.69, 9.17) is 4.74 Å². The van der Waals surface area contributed by atoms with E-state index in [1.54, 1.807) is 6.07 Å². The summed E-state index contributed by atoms with van der Waals surface area (Å²) < 4.78 is 6.27. The first kappa shape index (κ1) is 32.2. The van der Waals surface area contributed by atoms with Crippen molar-refractivity contribution in [2.45, 2.75) is 144 Å². The van der Waals surface area contributed by atoms with Crippen molar-refractivity contribution in [3.8, 4) is 11.5 Å². The molecule has 0 radical (unpaired) electrons. The van der Waals surface area contributed by atoms with Gasteiger partial charge in [-0.05, 0) is 146 Å². The summed E-state index contributed by atoms with van der Waals surface area (Å²) in [5.41, 5.74) is 1.69. The summed E-state index contributed by atoms with van der Waals surface area (Å²) in [5, 5.41) is 30.4. The summed E-state index contributed by atoms with van der Waals surface area (Å²) in [6.45, 7) is 17.3. The number of aliphatic hydroxyl groups is 1. The van der Waals surface area contributed by atoms with Crippen molar-refractivity contribution in [3.63, 3.8) is 0 Å². The molecule has 0 aromatic heterocycles. The maximum atomic E-state index is 13.1. The van der Waals surface area contributed by atoms with Crippen LogP contribution in [0.5, 0.6) is 11.5 Å². The van der Waals surface area contributed by atoms with Gasteiger partial charge in [-0.25, -0.2) is 0 Å². The second-order valence-electron chi connectivity index (χ2n) is 18.1. The van der Waals surface area contributed by atoms with Crippen LogP contribution in [0.2, 0.25) is 0 Å². The molecule has 0 saturated heterocycles. The number of aliphatic hydroxyl groups excluding tert-OH is 1. The molecule has 5 aliphatic rings. The van der Waals surface area contributed by atoms with E-state index in [9.17, 15) is 20.1 Å². The molecule has 1 aromatic carbocycles. The molecule has 0 heterocycles. The number of aryl methyl sites for hydroxylation is 1. The summed E-state index contributed by atoms with van der Waals surface area (Å²) in [6.07, 6.45) is 13.8. The standard InChI is InChI=1S/C39H60O5/c1-35(2)29-13-10-25-23-37(5)19-16-30-36(3,4)33(44-34(43)15-9-24-8-12-27(40)28(41)22-24)18-21-39(30,7)31(37)14-11-26(25)38(29,6)20-17-32(35)42/h8,12,22,25-26,29-33,40-42H,9-11,13-21,23H2,1-7H3. The number of phenols is 2. The van der Waals surface area contributed by atoms with E-state index in [-0.39, 0.29) is 52.3 Å². The maximum Gasteiger partial charge on any atom is 0.306 e. The molecule has 44 heavy (non-hydrogen) atoms. The van der Waals surface area contributed by atoms with Gasteiger partial charge in [0, 0.05) is 11.8 Å². The number of hydrogen-bond acceptors (Lipinski definition) is 5. The third-order valence-corrected chi connectivity index (χ3v) is 15.3. The number of rotatable bonds is 4. The summed E-state index contributed by atoms with van der Waals surface area (Å²) in [7, 11) is 0. The van der Waals surface area contributed by atoms with Crippen LogP contribution in [0.15, 0.2) is 18.2 Å². The number of esters is 1. The number of fused-ring (bicyclic) bond motifs is 6. The van der Waals surface area contributed by atoms with Gasteiger partial charge in [0.05, 0.1) is 6.10 Å². The van der Waals surface area contributed by atoms with Gasteiger partial charge in [-0.15, -0.1) is 0 Å². The molecule has 5 heteroatoms. The Morgan fingerprint density at radius 1 is 0.773 bits per heavy atom. The Balaban J connectivity index is 1.17. The Bertz CT molecular complexity index is 1250. The first-order valence-electron chi connectivity index (χ1n) is 17.9. The minimum atomic E-state index is -0.171. The molecule has 5 nitrogen and oxygen atoms in total. The molecule has 0 amide bonds. The molecule has 5 saturated carbocycles. The van der Waals surface area contributed by atoms with E-state index >= 15 is 0 Å². The largest absolute Gasteiger partial charge is 0.504 e. The lowest BCUT2D eigenvalue weighted by Gasteiger charge is -2.64. The van der Waals surface area contributed by atoms with Crippen molar-refractivity contribution < 1.29 is 24.9 Å². The molecule has 0 aliphatic heterocycles. The number of carbonyl (C=O) groups is 1. The van der Waals surface area contributed by atoms with Crippen LogP contribution >= 0.6 is 0 Å². The smallest absolute Gasteiger partial charge is 0.306 e. The minimum absolute atomic E-state index is 0.00365. The molecular weight excluding hydrogens is 548 g/mol. The number of phenolic OH excluding ortho intramolecular Hbond substituents is 2. The van der Waals surface area contributed by atoms with E-state index in [1.165, 1.54) is 63.5 Å². The fourth-order valence-corrected chi connectivity index (χ4v) is 13.0. The lowest BCUT2D eigenvalue weighted by Crippen LogP contribution is -2.59. The first-order chi connectivity index (χ1) is 20.5. The van der Waals surface area contributed by atoms with Gasteiger partial charge in [-0.3, -0.25) is 4.79 Å². The normalized spacial score (nSPS) is 44.2. The van der Waals surface area contributed by atoms with Crippen molar-refractivity contribution >= 4 is 5.97 Å². The highest BCUT2D eigenvalue weighted by Gasteiger charge is 2.64. The molecule has 5 fully saturated rings. The average Bonchev–Trinajstić information content (AvgIpc) is 3.10. The van der Waals surface area contributed by atoms with Crippen molar-refractivity contribution in [3.05, 3.63) is 23.8 Å². The number of carbonyl (C=O) groups excluding carboxylic acids is 1. The van der Waals surface area contributed by atoms with Gasteiger partial charge in [0.25, 0.3) is 0 Å². The monoisotopic (exact) mass is 608 g/mol. The predicted octanol–water partition coefficient (Wildman–Crippen LogP) is 8.81. The van der Waals surface area contributed by atoms with Crippen LogP contribution in [0.1, 0.15) is 131 Å². The Hall–Kier alpha value is -1.75. The van der Waals surface area contributed by atoms with E-state index in [1.807, 2.05) is 0 Å². The molecule has 3 N–H and O–H groups in total. The van der Waals surface area contributed by atoms with Gasteiger partial charge in [-0.2, -0.15) is 0 Å². The second-order valence-corrected chi connectivity index (χ2v) is 18.1. The molecule has 10 unspecified atom stereocenters. The summed E-state index contributed by atoms with van der Waals surface area (Å²) in [5.74, 6) is 2.94. The van der Waals surface area contributed by atoms with Crippen LogP contribution in [0.25, 0.3) is 0 Å². The number of ether oxygens (including phenoxy) is 1. The van der Waals surface area contributed by atoms with Gasteiger partial charge in [-0.1, -0.05) is 54.5 Å². The molecule has 1 aromatic rings. The molecule has 0 spiro atoms. The Morgan fingerprint density at radius 3 is 2.18 bits per heavy atom. The zero-order valence-electron chi connectivity index (χ0n) is 28.6. The fourth-order valence-electron chi connectivity index (χ4n) is 13.0. The average molecular weight is 609 g/mol. The number of hydrogen-bond donors (Lipinski definition) is 3. The molecule has 6 rings (SSSR count). The van der Waals surface area contributed by atoms with Crippen molar-refractivity contribution in [1.82, 2.24) is 0 Å². The first-order valence-corrected chi connectivity index (χ1v) is 17.9. The lowest BCUT2D eigenvalue weighted by atomic mass is 9.41. The van der Waals surface area contributed by atoms with Crippen LogP contribution in [0.3, 0.4) is 0 Å². The highest BCUT2D eigenvalue weighted by molar-refractivity contribution is 5.70. The highest BCUT2D eigenvalue weighted by Crippen LogP contribution is 2.71. The Kier molecular flexibility index (Phi) is 7.99. The van der Waals surface area contributed by atoms with Gasteiger partial charge in [0.1, 0.15) is 6.10 Å². The van der Waals surface area contributed by atoms with E-state index in [0.29, 0.717) is 35.0 Å². The van der Waals surface area contributed by atoms with Crippen LogP contribution in [-0.4, -0.2) is 33.5 Å². The van der Waals surface area contributed by atoms with E-state index in [0.717, 1.165) is 36.7 Å². The van der Waals surface area contributed by atoms with Crippen LogP contribution in [-0.2, 0) is 16.0 Å². The summed E-state index contributed by atoms with van der Waals surface area (Å²) >= 11 is 0. The highest BCUT2D eigenvalue weighted by atomic mass is 16.5. The molecule has 0 bridgehead atoms. The van der Waals surface area contributed by atoms with Gasteiger partial charge in [0.2, 0.25) is 0 Å². The lowest BCUT2D eigenvalue weighted by molar-refractivity contribution is -0.194. The third kappa shape index (κ3) is 5.01. The number of benzene rings is 1. The number of aromatic hydroxyl groups is 2. The third-order valence-electron chi connectivity index (χ3n) is 15.3. The molecule has 5 aliphatic carbocycles.